The molecule has 4 rings (SSSR count). The molecular weight excluding hydrogens is 367 g/mol. The maximum atomic E-state index is 13.5. The van der Waals surface area contributed by atoms with Gasteiger partial charge < -0.3 is 4.42 Å². The molecule has 5 heteroatoms. The Kier molecular flexibility index (Phi) is 5.12. The van der Waals surface area contributed by atoms with E-state index < -0.39 is 0 Å². The molecule has 0 aliphatic carbocycles. The summed E-state index contributed by atoms with van der Waals surface area (Å²) in [5, 5.41) is 0.940. The van der Waals surface area contributed by atoms with E-state index in [4.69, 9.17) is 4.42 Å². The summed E-state index contributed by atoms with van der Waals surface area (Å²) in [6.07, 6.45) is 2.55. The average Bonchev–Trinajstić information content (AvgIpc) is 3.09. The summed E-state index contributed by atoms with van der Waals surface area (Å²) in [5.41, 5.74) is 3.48. The van der Waals surface area contributed by atoms with Crippen molar-refractivity contribution in [1.29, 1.82) is 0 Å². The number of carbonyl (C=O) groups is 1. The zero-order chi connectivity index (χ0) is 20.4. The second-order valence-electron chi connectivity index (χ2n) is 6.95. The number of carbonyl (C=O) groups excluding carboxylic acids is 1. The second-order valence-corrected chi connectivity index (χ2v) is 6.95. The predicted octanol–water partition coefficient (Wildman–Crippen LogP) is 5.68. The molecule has 0 saturated heterocycles. The molecule has 0 fully saturated rings. The summed E-state index contributed by atoms with van der Waals surface area (Å²) >= 11 is 0. The number of nitrogens with zero attached hydrogens (tertiary/aromatic N) is 2. The van der Waals surface area contributed by atoms with Crippen molar-refractivity contribution in [3.05, 3.63) is 95.1 Å². The number of pyridine rings is 1. The van der Waals surface area contributed by atoms with Crippen LogP contribution in [0.3, 0.4) is 0 Å². The molecule has 0 N–H and O–H groups in total. The molecule has 0 bridgehead atoms. The minimum Gasteiger partial charge on any atom is -0.451 e. The molecule has 146 valence electrons. The maximum absolute atomic E-state index is 13.5. The normalized spacial score (nSPS) is 11.0. The van der Waals surface area contributed by atoms with Crippen LogP contribution in [0.2, 0.25) is 0 Å². The van der Waals surface area contributed by atoms with Crippen molar-refractivity contribution >= 4 is 22.7 Å². The first kappa shape index (κ1) is 18.9. The lowest BCUT2D eigenvalue weighted by Crippen LogP contribution is -2.31. The van der Waals surface area contributed by atoms with Crippen LogP contribution in [0.15, 0.2) is 71.3 Å². The van der Waals surface area contributed by atoms with Gasteiger partial charge in [-0.25, -0.2) is 9.37 Å². The number of amides is 1. The molecule has 0 unspecified atom stereocenters. The Morgan fingerprint density at radius 2 is 1.83 bits per heavy atom. The Labute approximate surface area is 168 Å². The average molecular weight is 388 g/mol. The van der Waals surface area contributed by atoms with E-state index in [0.717, 1.165) is 22.9 Å². The van der Waals surface area contributed by atoms with Gasteiger partial charge in [-0.05, 0) is 60.9 Å². The lowest BCUT2D eigenvalue weighted by molar-refractivity contribution is 0.0959. The summed E-state index contributed by atoms with van der Waals surface area (Å²) in [6, 6.07) is 17.5. The van der Waals surface area contributed by atoms with E-state index in [-0.39, 0.29) is 18.3 Å². The van der Waals surface area contributed by atoms with E-state index in [1.807, 2.05) is 25.1 Å². The van der Waals surface area contributed by atoms with E-state index in [2.05, 4.69) is 18.0 Å². The van der Waals surface area contributed by atoms with Gasteiger partial charge in [0, 0.05) is 17.1 Å². The fourth-order valence-corrected chi connectivity index (χ4v) is 3.36. The van der Waals surface area contributed by atoms with Gasteiger partial charge in [-0.1, -0.05) is 31.2 Å². The lowest BCUT2D eigenvalue weighted by atomic mass is 10.1. The molecule has 2 heterocycles. The molecule has 0 aliphatic heterocycles. The van der Waals surface area contributed by atoms with Gasteiger partial charge in [-0.3, -0.25) is 9.69 Å². The number of benzene rings is 2. The molecule has 0 aliphatic rings. The van der Waals surface area contributed by atoms with E-state index >= 15 is 0 Å². The quantitative estimate of drug-likeness (QED) is 0.442. The summed E-state index contributed by atoms with van der Waals surface area (Å²) in [6.45, 7) is 4.24. The monoisotopic (exact) mass is 388 g/mol. The predicted molar refractivity (Wildman–Crippen MR) is 111 cm³/mol. The van der Waals surface area contributed by atoms with E-state index in [9.17, 15) is 9.18 Å². The number of furan rings is 1. The standard InChI is InChI=1S/C24H21FN2O2/c1-3-17-9-12-21-20(14-17)16(2)23(29-21)24(28)27(22-6-4-5-13-26-22)15-18-7-10-19(25)11-8-18/h4-14H,3,15H2,1-2H3. The Hall–Kier alpha value is -3.47. The van der Waals surface area contributed by atoms with Crippen LogP contribution >= 0.6 is 0 Å². The highest BCUT2D eigenvalue weighted by Gasteiger charge is 2.25. The number of rotatable bonds is 5. The number of fused-ring (bicyclic) bond motifs is 1. The van der Waals surface area contributed by atoms with Crippen molar-refractivity contribution in [2.24, 2.45) is 0 Å². The van der Waals surface area contributed by atoms with Gasteiger partial charge in [0.2, 0.25) is 0 Å². The highest BCUT2D eigenvalue weighted by atomic mass is 19.1. The third kappa shape index (κ3) is 3.76. The number of halogens is 1. The molecule has 0 atom stereocenters. The fourth-order valence-electron chi connectivity index (χ4n) is 3.36. The van der Waals surface area contributed by atoms with Crippen LogP contribution < -0.4 is 4.90 Å². The van der Waals surface area contributed by atoms with Gasteiger partial charge >= 0.3 is 0 Å². The maximum Gasteiger partial charge on any atom is 0.295 e. The Morgan fingerprint density at radius 1 is 1.07 bits per heavy atom. The van der Waals surface area contributed by atoms with Gasteiger partial charge in [-0.15, -0.1) is 0 Å². The molecular formula is C24H21FN2O2. The van der Waals surface area contributed by atoms with E-state index in [1.165, 1.54) is 17.7 Å². The summed E-state index contributed by atoms with van der Waals surface area (Å²) in [4.78, 5) is 19.4. The Morgan fingerprint density at radius 3 is 2.52 bits per heavy atom. The van der Waals surface area contributed by atoms with Gasteiger partial charge in [-0.2, -0.15) is 0 Å². The van der Waals surface area contributed by atoms with Crippen LogP contribution in [0.5, 0.6) is 0 Å². The van der Waals surface area contributed by atoms with Crippen LogP contribution in [0.25, 0.3) is 11.0 Å². The number of aryl methyl sites for hydroxylation is 2. The highest BCUT2D eigenvalue weighted by molar-refractivity contribution is 6.07. The highest BCUT2D eigenvalue weighted by Crippen LogP contribution is 2.29. The molecule has 2 aromatic carbocycles. The van der Waals surface area contributed by atoms with Gasteiger partial charge in [0.25, 0.3) is 5.91 Å². The van der Waals surface area contributed by atoms with E-state index in [0.29, 0.717) is 17.2 Å². The smallest absolute Gasteiger partial charge is 0.295 e. The first-order chi connectivity index (χ1) is 14.1. The van der Waals surface area contributed by atoms with Crippen molar-refractivity contribution < 1.29 is 13.6 Å². The zero-order valence-corrected chi connectivity index (χ0v) is 16.4. The second kappa shape index (κ2) is 7.87. The first-order valence-corrected chi connectivity index (χ1v) is 9.56. The molecule has 1 amide bonds. The number of aromatic nitrogens is 1. The largest absolute Gasteiger partial charge is 0.451 e. The van der Waals surface area contributed by atoms with Gasteiger partial charge in [0.15, 0.2) is 5.76 Å². The van der Waals surface area contributed by atoms with Crippen molar-refractivity contribution in [2.75, 3.05) is 4.90 Å². The van der Waals surface area contributed by atoms with Gasteiger partial charge in [0.05, 0.1) is 6.54 Å². The van der Waals surface area contributed by atoms with Crippen LogP contribution in [-0.4, -0.2) is 10.9 Å². The Balaban J connectivity index is 1.76. The van der Waals surface area contributed by atoms with Crippen LogP contribution in [-0.2, 0) is 13.0 Å². The molecule has 4 nitrogen and oxygen atoms in total. The van der Waals surface area contributed by atoms with Crippen molar-refractivity contribution in [2.45, 2.75) is 26.8 Å². The summed E-state index contributed by atoms with van der Waals surface area (Å²) < 4.78 is 19.2. The lowest BCUT2D eigenvalue weighted by Gasteiger charge is -2.21. The number of hydrogen-bond donors (Lipinski definition) is 0. The molecule has 0 saturated carbocycles. The zero-order valence-electron chi connectivity index (χ0n) is 16.4. The third-order valence-electron chi connectivity index (χ3n) is 5.03. The fraction of sp³-hybridized carbons (Fsp3) is 0.167. The number of hydrogen-bond acceptors (Lipinski definition) is 3. The van der Waals surface area contributed by atoms with Crippen LogP contribution in [0.4, 0.5) is 10.2 Å². The molecule has 29 heavy (non-hydrogen) atoms. The summed E-state index contributed by atoms with van der Waals surface area (Å²) in [7, 11) is 0. The summed E-state index contributed by atoms with van der Waals surface area (Å²) in [5.74, 6) is 0.209. The molecule has 4 aromatic rings. The van der Waals surface area contributed by atoms with Crippen molar-refractivity contribution in [1.82, 2.24) is 4.98 Å². The topological polar surface area (TPSA) is 46.3 Å². The van der Waals surface area contributed by atoms with Crippen LogP contribution in [0.1, 0.15) is 34.2 Å². The van der Waals surface area contributed by atoms with Crippen molar-refractivity contribution in [3.63, 3.8) is 0 Å². The van der Waals surface area contributed by atoms with Crippen molar-refractivity contribution in [3.8, 4) is 0 Å². The van der Waals surface area contributed by atoms with Gasteiger partial charge in [0.1, 0.15) is 17.2 Å². The minimum atomic E-state index is -0.315. The molecule has 0 spiro atoms. The minimum absolute atomic E-state index is 0.257. The SMILES string of the molecule is CCc1ccc2oc(C(=O)N(Cc3ccc(F)cc3)c3ccccn3)c(C)c2c1. The third-order valence-corrected chi connectivity index (χ3v) is 5.03. The van der Waals surface area contributed by atoms with E-state index in [1.54, 1.807) is 35.4 Å². The first-order valence-electron chi connectivity index (χ1n) is 9.56. The number of anilines is 1. The Bertz CT molecular complexity index is 1150. The van der Waals surface area contributed by atoms with Crippen LogP contribution in [0, 0.1) is 12.7 Å². The molecule has 0 radical (unpaired) electrons. The molecule has 2 aromatic heterocycles.